The first-order valence-electron chi connectivity index (χ1n) is 8.47. The van der Waals surface area contributed by atoms with Crippen molar-refractivity contribution in [2.45, 2.75) is 44.6 Å². The van der Waals surface area contributed by atoms with Crippen molar-refractivity contribution in [3.63, 3.8) is 0 Å². The van der Waals surface area contributed by atoms with E-state index in [2.05, 4.69) is 33.4 Å². The molecule has 4 nitrogen and oxygen atoms in total. The minimum atomic E-state index is -0.180. The van der Waals surface area contributed by atoms with Gasteiger partial charge in [-0.1, -0.05) is 47.3 Å². The molecule has 0 unspecified atom stereocenters. The lowest BCUT2D eigenvalue weighted by Gasteiger charge is -2.31. The maximum atomic E-state index is 12.5. The van der Waals surface area contributed by atoms with Crippen LogP contribution in [-0.4, -0.2) is 30.4 Å². The summed E-state index contributed by atoms with van der Waals surface area (Å²) < 4.78 is 1.06. The molecule has 0 aliphatic heterocycles. The molecule has 0 bridgehead atoms. The first-order valence-corrected chi connectivity index (χ1v) is 9.26. The number of amides is 1. The molecule has 0 aromatic heterocycles. The van der Waals surface area contributed by atoms with E-state index in [4.69, 9.17) is 0 Å². The molecule has 0 heterocycles. The van der Waals surface area contributed by atoms with Gasteiger partial charge in [0.1, 0.15) is 11.6 Å². The Morgan fingerprint density at radius 3 is 2.62 bits per heavy atom. The predicted octanol–water partition coefficient (Wildman–Crippen LogP) is 3.78. The Morgan fingerprint density at radius 2 is 2.00 bits per heavy atom. The van der Waals surface area contributed by atoms with Crippen molar-refractivity contribution in [3.05, 3.63) is 46.1 Å². The number of benzene rings is 1. The van der Waals surface area contributed by atoms with Crippen molar-refractivity contribution in [2.75, 3.05) is 13.6 Å². The average Bonchev–Trinajstić information content (AvgIpc) is 2.63. The van der Waals surface area contributed by atoms with E-state index >= 15 is 0 Å². The van der Waals surface area contributed by atoms with Crippen molar-refractivity contribution in [2.24, 2.45) is 0 Å². The molecule has 5 heteroatoms. The highest BCUT2D eigenvalue weighted by Crippen LogP contribution is 2.22. The highest BCUT2D eigenvalue weighted by atomic mass is 79.9. The summed E-state index contributed by atoms with van der Waals surface area (Å²) in [5.41, 5.74) is 1.39. The van der Waals surface area contributed by atoms with Crippen LogP contribution in [0.4, 0.5) is 0 Å². The largest absolute Gasteiger partial charge is 0.389 e. The molecule has 1 saturated carbocycles. The van der Waals surface area contributed by atoms with Gasteiger partial charge in [0.25, 0.3) is 5.91 Å². The van der Waals surface area contributed by atoms with Gasteiger partial charge in [0.2, 0.25) is 0 Å². The first kappa shape index (κ1) is 18.5. The third kappa shape index (κ3) is 5.38. The van der Waals surface area contributed by atoms with Crippen LogP contribution in [0.3, 0.4) is 0 Å². The van der Waals surface area contributed by atoms with Crippen LogP contribution in [0.2, 0.25) is 0 Å². The summed E-state index contributed by atoms with van der Waals surface area (Å²) in [5, 5.41) is 12.4. The van der Waals surface area contributed by atoms with Gasteiger partial charge in [-0.25, -0.2) is 0 Å². The monoisotopic (exact) mass is 389 g/mol. The normalized spacial score (nSPS) is 15.6. The summed E-state index contributed by atoms with van der Waals surface area (Å²) in [6, 6.07) is 10.4. The SMILES string of the molecule is CN(C(=O)/C(C#N)=C\NCCc1ccc(Br)cc1)C1CCCCC1. The average molecular weight is 390 g/mol. The lowest BCUT2D eigenvalue weighted by Crippen LogP contribution is -2.39. The Balaban J connectivity index is 1.85. The summed E-state index contributed by atoms with van der Waals surface area (Å²) in [6.07, 6.45) is 8.06. The molecule has 0 radical (unpaired) electrons. The van der Waals surface area contributed by atoms with Crippen LogP contribution >= 0.6 is 15.9 Å². The van der Waals surface area contributed by atoms with Crippen LogP contribution in [0.1, 0.15) is 37.7 Å². The molecule has 0 saturated heterocycles. The molecule has 1 N–H and O–H groups in total. The fourth-order valence-corrected chi connectivity index (χ4v) is 3.27. The Labute approximate surface area is 152 Å². The van der Waals surface area contributed by atoms with Crippen LogP contribution < -0.4 is 5.32 Å². The standard InChI is InChI=1S/C19H24BrN3O/c1-23(18-5-3-2-4-6-18)19(24)16(13-21)14-22-12-11-15-7-9-17(20)10-8-15/h7-10,14,18,22H,2-6,11-12H2,1H3/b16-14-. The minimum absolute atomic E-state index is 0.180. The van der Waals surface area contributed by atoms with Gasteiger partial charge < -0.3 is 10.2 Å². The number of rotatable bonds is 6. The zero-order valence-electron chi connectivity index (χ0n) is 14.1. The van der Waals surface area contributed by atoms with E-state index in [1.165, 1.54) is 24.8 Å². The second kappa shape index (κ2) is 9.48. The number of nitrogens with one attached hydrogen (secondary N) is 1. The van der Waals surface area contributed by atoms with Crippen LogP contribution in [0.15, 0.2) is 40.5 Å². The minimum Gasteiger partial charge on any atom is -0.389 e. The van der Waals surface area contributed by atoms with Gasteiger partial charge in [-0.15, -0.1) is 0 Å². The van der Waals surface area contributed by atoms with Crippen LogP contribution in [0, 0.1) is 11.3 Å². The van der Waals surface area contributed by atoms with E-state index in [1.54, 1.807) is 11.1 Å². The highest BCUT2D eigenvalue weighted by molar-refractivity contribution is 9.10. The van der Waals surface area contributed by atoms with Gasteiger partial charge in [-0.3, -0.25) is 4.79 Å². The second-order valence-corrected chi connectivity index (χ2v) is 7.12. The van der Waals surface area contributed by atoms with Crippen molar-refractivity contribution >= 4 is 21.8 Å². The summed E-state index contributed by atoms with van der Waals surface area (Å²) in [5.74, 6) is -0.180. The lowest BCUT2D eigenvalue weighted by molar-refractivity contribution is -0.128. The van der Waals surface area contributed by atoms with E-state index in [0.29, 0.717) is 6.54 Å². The zero-order chi connectivity index (χ0) is 17.4. The Morgan fingerprint density at radius 1 is 1.33 bits per heavy atom. The lowest BCUT2D eigenvalue weighted by atomic mass is 9.94. The maximum absolute atomic E-state index is 12.5. The number of halogens is 1. The molecule has 1 aromatic rings. The molecule has 0 spiro atoms. The van der Waals surface area contributed by atoms with E-state index in [-0.39, 0.29) is 17.5 Å². The number of likely N-dealkylation sites (N-methyl/N-ethyl adjacent to an activating group) is 1. The molecule has 1 aliphatic carbocycles. The third-order valence-electron chi connectivity index (χ3n) is 4.51. The molecule has 0 atom stereocenters. The summed E-state index contributed by atoms with van der Waals surface area (Å²) in [7, 11) is 1.81. The van der Waals surface area contributed by atoms with E-state index in [0.717, 1.165) is 23.7 Å². The maximum Gasteiger partial charge on any atom is 0.265 e. The fourth-order valence-electron chi connectivity index (χ4n) is 3.01. The number of carbonyl (C=O) groups is 1. The zero-order valence-corrected chi connectivity index (χ0v) is 15.7. The molecular weight excluding hydrogens is 366 g/mol. The van der Waals surface area contributed by atoms with Gasteiger partial charge in [0, 0.05) is 30.3 Å². The Hall–Kier alpha value is -1.80. The summed E-state index contributed by atoms with van der Waals surface area (Å²) in [4.78, 5) is 14.2. The van der Waals surface area contributed by atoms with Crippen molar-refractivity contribution < 1.29 is 4.79 Å². The summed E-state index contributed by atoms with van der Waals surface area (Å²) in [6.45, 7) is 0.688. The second-order valence-electron chi connectivity index (χ2n) is 6.21. The Kier molecular flexibility index (Phi) is 7.33. The van der Waals surface area contributed by atoms with Crippen LogP contribution in [-0.2, 0) is 11.2 Å². The van der Waals surface area contributed by atoms with Crippen LogP contribution in [0.5, 0.6) is 0 Å². The predicted molar refractivity (Wildman–Crippen MR) is 99.2 cm³/mol. The quantitative estimate of drug-likeness (QED) is 0.457. The Bertz CT molecular complexity index is 612. The van der Waals surface area contributed by atoms with Gasteiger partial charge >= 0.3 is 0 Å². The molecule has 1 aliphatic rings. The first-order chi connectivity index (χ1) is 11.6. The topological polar surface area (TPSA) is 56.1 Å². The molecule has 1 aromatic carbocycles. The van der Waals surface area contributed by atoms with Crippen LogP contribution in [0.25, 0.3) is 0 Å². The van der Waals surface area contributed by atoms with Gasteiger partial charge in [0.15, 0.2) is 0 Å². The highest BCUT2D eigenvalue weighted by Gasteiger charge is 2.24. The molecule has 128 valence electrons. The number of hydrogen-bond acceptors (Lipinski definition) is 3. The summed E-state index contributed by atoms with van der Waals surface area (Å²) >= 11 is 3.41. The molecule has 1 amide bonds. The smallest absolute Gasteiger partial charge is 0.265 e. The van der Waals surface area contributed by atoms with Crippen molar-refractivity contribution in [1.29, 1.82) is 5.26 Å². The molecule has 2 rings (SSSR count). The number of nitrogens with zero attached hydrogens (tertiary/aromatic N) is 2. The molecule has 24 heavy (non-hydrogen) atoms. The van der Waals surface area contributed by atoms with Gasteiger partial charge in [0.05, 0.1) is 0 Å². The molecular formula is C19H24BrN3O. The fraction of sp³-hybridized carbons (Fsp3) is 0.474. The van der Waals surface area contributed by atoms with E-state index in [1.807, 2.05) is 25.2 Å². The van der Waals surface area contributed by atoms with Gasteiger partial charge in [-0.2, -0.15) is 5.26 Å². The van der Waals surface area contributed by atoms with Crippen molar-refractivity contribution in [3.8, 4) is 6.07 Å². The molecule has 1 fully saturated rings. The van der Waals surface area contributed by atoms with Gasteiger partial charge in [-0.05, 0) is 37.0 Å². The number of nitriles is 1. The number of hydrogen-bond donors (Lipinski definition) is 1. The number of carbonyl (C=O) groups excluding carboxylic acids is 1. The third-order valence-corrected chi connectivity index (χ3v) is 5.04. The van der Waals surface area contributed by atoms with Crippen molar-refractivity contribution in [1.82, 2.24) is 10.2 Å². The van der Waals surface area contributed by atoms with E-state index < -0.39 is 0 Å². The van der Waals surface area contributed by atoms with E-state index in [9.17, 15) is 10.1 Å².